The van der Waals surface area contributed by atoms with Crippen molar-refractivity contribution in [2.75, 3.05) is 27.2 Å². The number of nitrogens with zero attached hydrogens (tertiary/aromatic N) is 4. The molecule has 0 radical (unpaired) electrons. The van der Waals surface area contributed by atoms with Crippen LogP contribution in [0, 0.1) is 25.7 Å². The van der Waals surface area contributed by atoms with Gasteiger partial charge in [-0.25, -0.2) is 0 Å². The Kier molecular flexibility index (Phi) is 7.13. The first-order valence-corrected chi connectivity index (χ1v) is 9.42. The molecule has 24 heavy (non-hydrogen) atoms. The van der Waals surface area contributed by atoms with Gasteiger partial charge in [0.25, 0.3) is 0 Å². The summed E-state index contributed by atoms with van der Waals surface area (Å²) in [5.41, 5.74) is 2.33. The largest absolute Gasteiger partial charge is 0.356 e. The van der Waals surface area contributed by atoms with E-state index in [0.29, 0.717) is 0 Å². The number of guanidine groups is 1. The van der Waals surface area contributed by atoms with Crippen molar-refractivity contribution in [3.8, 4) is 0 Å². The van der Waals surface area contributed by atoms with Crippen molar-refractivity contribution in [2.45, 2.75) is 59.4 Å². The molecule has 1 fully saturated rings. The Hall–Kier alpha value is -1.52. The number of hydrogen-bond acceptors (Lipinski definition) is 2. The van der Waals surface area contributed by atoms with Crippen LogP contribution in [0.2, 0.25) is 0 Å². The van der Waals surface area contributed by atoms with E-state index in [1.165, 1.54) is 31.4 Å². The molecule has 0 amide bonds. The molecule has 1 aliphatic rings. The lowest BCUT2D eigenvalue weighted by Crippen LogP contribution is -2.42. The Morgan fingerprint density at radius 1 is 1.33 bits per heavy atom. The lowest BCUT2D eigenvalue weighted by atomic mass is 9.83. The fourth-order valence-electron chi connectivity index (χ4n) is 3.70. The smallest absolute Gasteiger partial charge is 0.193 e. The third kappa shape index (κ3) is 5.53. The number of nitrogens with one attached hydrogen (secondary N) is 1. The second-order valence-electron chi connectivity index (χ2n) is 7.48. The molecule has 1 aliphatic carbocycles. The summed E-state index contributed by atoms with van der Waals surface area (Å²) in [6, 6.07) is 2.13. The first-order chi connectivity index (χ1) is 11.5. The highest BCUT2D eigenvalue weighted by Crippen LogP contribution is 2.28. The van der Waals surface area contributed by atoms with Crippen molar-refractivity contribution in [3.63, 3.8) is 0 Å². The van der Waals surface area contributed by atoms with E-state index in [0.717, 1.165) is 49.5 Å². The molecule has 0 aromatic carbocycles. The molecular weight excluding hydrogens is 298 g/mol. The molecule has 136 valence electrons. The predicted molar refractivity (Wildman–Crippen MR) is 101 cm³/mol. The van der Waals surface area contributed by atoms with Crippen LogP contribution in [-0.4, -0.2) is 47.8 Å². The Morgan fingerprint density at radius 2 is 2.04 bits per heavy atom. The number of aliphatic imine (C=N–C) groups is 1. The maximum atomic E-state index is 4.51. The molecule has 5 nitrogen and oxygen atoms in total. The van der Waals surface area contributed by atoms with Crippen LogP contribution in [0.1, 0.15) is 50.4 Å². The van der Waals surface area contributed by atoms with Gasteiger partial charge in [0.1, 0.15) is 0 Å². The number of hydrogen-bond donors (Lipinski definition) is 1. The summed E-state index contributed by atoms with van der Waals surface area (Å²) in [5.74, 6) is 2.75. The highest BCUT2D eigenvalue weighted by atomic mass is 15.3. The Balaban J connectivity index is 1.70. The molecule has 5 heteroatoms. The molecule has 1 saturated carbocycles. The average molecular weight is 334 g/mol. The predicted octanol–water partition coefficient (Wildman–Crippen LogP) is 3.22. The normalized spacial score (nSPS) is 21.8. The Labute approximate surface area is 147 Å². The number of aryl methyl sites for hydroxylation is 3. The van der Waals surface area contributed by atoms with Gasteiger partial charge in [-0.05, 0) is 51.0 Å². The van der Waals surface area contributed by atoms with Crippen molar-refractivity contribution in [3.05, 3.63) is 17.5 Å². The summed E-state index contributed by atoms with van der Waals surface area (Å²) in [4.78, 5) is 6.74. The van der Waals surface area contributed by atoms with E-state index in [2.05, 4.69) is 52.0 Å². The molecule has 1 N–H and O–H groups in total. The molecule has 2 rings (SSSR count). The SMILES string of the molecule is CN=C(NCCCn1nc(C)cc1C)N(C)CC1CCC(C)CC1. The van der Waals surface area contributed by atoms with Gasteiger partial charge in [0.2, 0.25) is 0 Å². The van der Waals surface area contributed by atoms with Crippen molar-refractivity contribution in [2.24, 2.45) is 16.8 Å². The molecule has 0 unspecified atom stereocenters. The summed E-state index contributed by atoms with van der Waals surface area (Å²) < 4.78 is 2.09. The first kappa shape index (κ1) is 18.8. The average Bonchev–Trinajstić information content (AvgIpc) is 2.87. The maximum Gasteiger partial charge on any atom is 0.193 e. The molecule has 1 heterocycles. The molecule has 1 aromatic heterocycles. The third-order valence-corrected chi connectivity index (χ3v) is 5.17. The molecule has 0 spiro atoms. The quantitative estimate of drug-likeness (QED) is 0.494. The highest BCUT2D eigenvalue weighted by Gasteiger charge is 2.20. The summed E-state index contributed by atoms with van der Waals surface area (Å²) >= 11 is 0. The summed E-state index contributed by atoms with van der Waals surface area (Å²) in [6.45, 7) is 9.54. The van der Waals surface area contributed by atoms with Gasteiger partial charge >= 0.3 is 0 Å². The van der Waals surface area contributed by atoms with Gasteiger partial charge in [-0.1, -0.05) is 19.8 Å². The lowest BCUT2D eigenvalue weighted by Gasteiger charge is -2.31. The van der Waals surface area contributed by atoms with Gasteiger partial charge < -0.3 is 10.2 Å². The van der Waals surface area contributed by atoms with Crippen LogP contribution in [0.3, 0.4) is 0 Å². The fourth-order valence-corrected chi connectivity index (χ4v) is 3.70. The van der Waals surface area contributed by atoms with Crippen molar-refractivity contribution >= 4 is 5.96 Å². The van der Waals surface area contributed by atoms with E-state index in [9.17, 15) is 0 Å². The van der Waals surface area contributed by atoms with Gasteiger partial charge in [0.05, 0.1) is 5.69 Å². The van der Waals surface area contributed by atoms with Crippen LogP contribution in [0.4, 0.5) is 0 Å². The molecular formula is C19H35N5. The van der Waals surface area contributed by atoms with Crippen LogP contribution >= 0.6 is 0 Å². The molecule has 0 aliphatic heterocycles. The van der Waals surface area contributed by atoms with Gasteiger partial charge in [-0.15, -0.1) is 0 Å². The zero-order valence-electron chi connectivity index (χ0n) is 16.2. The van der Waals surface area contributed by atoms with Crippen molar-refractivity contribution in [1.29, 1.82) is 0 Å². The fraction of sp³-hybridized carbons (Fsp3) is 0.789. The van der Waals surface area contributed by atoms with Crippen molar-refractivity contribution < 1.29 is 0 Å². The first-order valence-electron chi connectivity index (χ1n) is 9.42. The Bertz CT molecular complexity index is 526. The lowest BCUT2D eigenvalue weighted by molar-refractivity contribution is 0.250. The zero-order chi connectivity index (χ0) is 17.5. The van der Waals surface area contributed by atoms with E-state index in [1.54, 1.807) is 0 Å². The topological polar surface area (TPSA) is 45.5 Å². The van der Waals surface area contributed by atoms with Crippen LogP contribution in [0.15, 0.2) is 11.1 Å². The standard InChI is InChI=1S/C19H35N5/c1-15-7-9-18(10-8-15)14-23(5)19(20-4)21-11-6-12-24-17(3)13-16(2)22-24/h13,15,18H,6-12,14H2,1-5H3,(H,20,21). The minimum absolute atomic E-state index is 0.819. The van der Waals surface area contributed by atoms with E-state index in [-0.39, 0.29) is 0 Å². The van der Waals surface area contributed by atoms with Gasteiger partial charge in [-0.2, -0.15) is 5.10 Å². The van der Waals surface area contributed by atoms with Crippen LogP contribution in [-0.2, 0) is 6.54 Å². The van der Waals surface area contributed by atoms with Crippen molar-refractivity contribution in [1.82, 2.24) is 20.0 Å². The summed E-state index contributed by atoms with van der Waals surface area (Å²) in [7, 11) is 4.04. The minimum Gasteiger partial charge on any atom is -0.356 e. The third-order valence-electron chi connectivity index (χ3n) is 5.17. The second-order valence-corrected chi connectivity index (χ2v) is 7.48. The van der Waals surface area contributed by atoms with Crippen LogP contribution in [0.25, 0.3) is 0 Å². The zero-order valence-corrected chi connectivity index (χ0v) is 16.2. The maximum absolute atomic E-state index is 4.51. The Morgan fingerprint density at radius 3 is 2.62 bits per heavy atom. The van der Waals surface area contributed by atoms with Gasteiger partial charge in [-0.3, -0.25) is 9.67 Å². The summed E-state index contributed by atoms with van der Waals surface area (Å²) in [6.07, 6.45) is 6.54. The van der Waals surface area contributed by atoms with Crippen LogP contribution in [0.5, 0.6) is 0 Å². The number of rotatable bonds is 6. The van der Waals surface area contributed by atoms with E-state index >= 15 is 0 Å². The minimum atomic E-state index is 0.819. The van der Waals surface area contributed by atoms with E-state index in [4.69, 9.17) is 0 Å². The molecule has 1 aromatic rings. The molecule has 0 bridgehead atoms. The second kappa shape index (κ2) is 9.09. The molecule has 0 saturated heterocycles. The van der Waals surface area contributed by atoms with E-state index < -0.39 is 0 Å². The van der Waals surface area contributed by atoms with Gasteiger partial charge in [0, 0.05) is 39.4 Å². The molecule has 0 atom stereocenters. The number of aromatic nitrogens is 2. The van der Waals surface area contributed by atoms with Crippen LogP contribution < -0.4 is 5.32 Å². The summed E-state index contributed by atoms with van der Waals surface area (Å²) in [5, 5.41) is 8.01. The van der Waals surface area contributed by atoms with E-state index in [1.807, 2.05) is 14.0 Å². The highest BCUT2D eigenvalue weighted by molar-refractivity contribution is 5.79. The van der Waals surface area contributed by atoms with Gasteiger partial charge in [0.15, 0.2) is 5.96 Å². The monoisotopic (exact) mass is 333 g/mol.